The van der Waals surface area contributed by atoms with Gasteiger partial charge in [-0.15, -0.1) is 0 Å². The van der Waals surface area contributed by atoms with Crippen molar-refractivity contribution >= 4 is 17.4 Å². The quantitative estimate of drug-likeness (QED) is 0.753. The van der Waals surface area contributed by atoms with Gasteiger partial charge in [0.15, 0.2) is 5.78 Å². The van der Waals surface area contributed by atoms with Crippen molar-refractivity contribution in [1.82, 2.24) is 0 Å². The van der Waals surface area contributed by atoms with E-state index in [1.807, 2.05) is 13.0 Å². The molecule has 1 rings (SSSR count). The van der Waals surface area contributed by atoms with Crippen LogP contribution < -0.4 is 4.74 Å². The molecule has 0 radical (unpaired) electrons. The van der Waals surface area contributed by atoms with Crippen LogP contribution in [0.3, 0.4) is 0 Å². The summed E-state index contributed by atoms with van der Waals surface area (Å²) in [7, 11) is 1.48. The first kappa shape index (κ1) is 13.5. The van der Waals surface area contributed by atoms with Crippen LogP contribution in [0.1, 0.15) is 30.1 Å². The van der Waals surface area contributed by atoms with Crippen LogP contribution in [0.15, 0.2) is 18.2 Å². The van der Waals surface area contributed by atoms with Gasteiger partial charge in [0.05, 0.1) is 18.7 Å². The molecular weight excluding hydrogens is 238 g/mol. The lowest BCUT2D eigenvalue weighted by Gasteiger charge is -2.10. The summed E-state index contributed by atoms with van der Waals surface area (Å²) in [6.45, 7) is 1.94. The highest BCUT2D eigenvalue weighted by Gasteiger charge is 2.22. The number of carbonyl (C=O) groups is 1. The molecule has 0 aromatic heterocycles. The summed E-state index contributed by atoms with van der Waals surface area (Å²) in [4.78, 5) is 12.1. The fourth-order valence-electron chi connectivity index (χ4n) is 1.60. The Labute approximate surface area is 106 Å². The van der Waals surface area contributed by atoms with Crippen LogP contribution in [0, 0.1) is 17.2 Å². The molecule has 0 saturated carbocycles. The van der Waals surface area contributed by atoms with Crippen LogP contribution in [-0.4, -0.2) is 12.9 Å². The molecule has 1 unspecified atom stereocenters. The average molecular weight is 252 g/mol. The molecule has 0 aliphatic carbocycles. The molecule has 4 heteroatoms. The second-order valence-electron chi connectivity index (χ2n) is 3.68. The largest absolute Gasteiger partial charge is 0.496 e. The number of nitrogens with zero attached hydrogens (tertiary/aromatic N) is 1. The van der Waals surface area contributed by atoms with Gasteiger partial charge in [-0.2, -0.15) is 5.26 Å². The number of benzene rings is 1. The third-order valence-electron chi connectivity index (χ3n) is 2.48. The number of rotatable bonds is 5. The fraction of sp³-hybridized carbons (Fsp3) is 0.385. The molecule has 0 fully saturated rings. The van der Waals surface area contributed by atoms with Crippen molar-refractivity contribution in [3.05, 3.63) is 28.8 Å². The molecule has 0 N–H and O–H groups in total. The maximum atomic E-state index is 12.1. The minimum absolute atomic E-state index is 0.206. The van der Waals surface area contributed by atoms with Crippen LogP contribution in [0.2, 0.25) is 5.02 Å². The summed E-state index contributed by atoms with van der Waals surface area (Å²) in [5, 5.41) is 9.47. The van der Waals surface area contributed by atoms with Gasteiger partial charge in [0, 0.05) is 5.02 Å². The lowest BCUT2D eigenvalue weighted by Crippen LogP contribution is -2.13. The zero-order chi connectivity index (χ0) is 12.8. The third kappa shape index (κ3) is 3.21. The molecule has 0 aliphatic heterocycles. The van der Waals surface area contributed by atoms with E-state index in [-0.39, 0.29) is 5.78 Å². The Balaban J connectivity index is 3.07. The number of halogens is 1. The monoisotopic (exact) mass is 251 g/mol. The number of hydrogen-bond donors (Lipinski definition) is 0. The molecule has 0 saturated heterocycles. The smallest absolute Gasteiger partial charge is 0.183 e. The van der Waals surface area contributed by atoms with Gasteiger partial charge in [0.2, 0.25) is 0 Å². The molecular formula is C13H14ClNO2. The van der Waals surface area contributed by atoms with Gasteiger partial charge in [0.1, 0.15) is 11.7 Å². The molecule has 90 valence electrons. The van der Waals surface area contributed by atoms with Crippen molar-refractivity contribution < 1.29 is 9.53 Å². The third-order valence-corrected chi connectivity index (χ3v) is 2.71. The molecule has 1 aromatic rings. The number of carbonyl (C=O) groups excluding carboxylic acids is 1. The highest BCUT2D eigenvalue weighted by Crippen LogP contribution is 2.26. The predicted octanol–water partition coefficient (Wildman–Crippen LogP) is 3.47. The minimum Gasteiger partial charge on any atom is -0.496 e. The van der Waals surface area contributed by atoms with Crippen LogP contribution in [-0.2, 0) is 0 Å². The molecule has 1 aromatic carbocycles. The van der Waals surface area contributed by atoms with Gasteiger partial charge in [-0.25, -0.2) is 0 Å². The average Bonchev–Trinajstić information content (AvgIpc) is 2.34. The maximum Gasteiger partial charge on any atom is 0.183 e. The molecule has 1 atom stereocenters. The molecule has 0 aliphatic rings. The van der Waals surface area contributed by atoms with Crippen molar-refractivity contribution in [2.45, 2.75) is 19.8 Å². The Kier molecular flexibility index (Phi) is 4.99. The van der Waals surface area contributed by atoms with Crippen molar-refractivity contribution in [3.63, 3.8) is 0 Å². The van der Waals surface area contributed by atoms with Gasteiger partial charge in [0.25, 0.3) is 0 Å². The second-order valence-corrected chi connectivity index (χ2v) is 4.12. The lowest BCUT2D eigenvalue weighted by atomic mass is 9.94. The van der Waals surface area contributed by atoms with E-state index in [1.165, 1.54) is 7.11 Å². The van der Waals surface area contributed by atoms with Crippen LogP contribution in [0.25, 0.3) is 0 Å². The van der Waals surface area contributed by atoms with E-state index < -0.39 is 5.92 Å². The van der Waals surface area contributed by atoms with Crippen molar-refractivity contribution in [2.24, 2.45) is 5.92 Å². The van der Waals surface area contributed by atoms with E-state index in [9.17, 15) is 4.79 Å². The Bertz CT molecular complexity index is 451. The van der Waals surface area contributed by atoms with Gasteiger partial charge < -0.3 is 4.74 Å². The fourth-order valence-corrected chi connectivity index (χ4v) is 1.76. The van der Waals surface area contributed by atoms with E-state index in [4.69, 9.17) is 21.6 Å². The molecule has 0 heterocycles. The van der Waals surface area contributed by atoms with E-state index >= 15 is 0 Å². The highest BCUT2D eigenvalue weighted by molar-refractivity contribution is 6.30. The molecule has 0 bridgehead atoms. The number of Topliss-reactive ketones (excluding diaryl/α,β-unsaturated/α-hetero) is 1. The van der Waals surface area contributed by atoms with Gasteiger partial charge in [-0.3, -0.25) is 4.79 Å². The van der Waals surface area contributed by atoms with Crippen LogP contribution in [0.5, 0.6) is 5.75 Å². The predicted molar refractivity (Wildman–Crippen MR) is 66.3 cm³/mol. The van der Waals surface area contributed by atoms with E-state index in [0.29, 0.717) is 22.8 Å². The van der Waals surface area contributed by atoms with Crippen molar-refractivity contribution in [2.75, 3.05) is 7.11 Å². The molecule has 17 heavy (non-hydrogen) atoms. The zero-order valence-corrected chi connectivity index (χ0v) is 10.6. The van der Waals surface area contributed by atoms with E-state index in [2.05, 4.69) is 0 Å². The van der Waals surface area contributed by atoms with Crippen molar-refractivity contribution in [1.29, 1.82) is 5.26 Å². The number of hydrogen-bond acceptors (Lipinski definition) is 3. The summed E-state index contributed by atoms with van der Waals surface area (Å²) in [6, 6.07) is 6.83. The topological polar surface area (TPSA) is 50.1 Å². The van der Waals surface area contributed by atoms with Gasteiger partial charge in [-0.05, 0) is 24.6 Å². The Morgan fingerprint density at radius 3 is 2.82 bits per heavy atom. The Morgan fingerprint density at radius 1 is 1.59 bits per heavy atom. The first-order chi connectivity index (χ1) is 8.13. The molecule has 0 amide bonds. The van der Waals surface area contributed by atoms with E-state index in [1.54, 1.807) is 18.2 Å². The number of ether oxygens (including phenoxy) is 1. The Hall–Kier alpha value is -1.53. The first-order valence-corrected chi connectivity index (χ1v) is 5.79. The number of methoxy groups -OCH3 is 1. The summed E-state index contributed by atoms with van der Waals surface area (Å²) in [5.74, 6) is -0.406. The normalized spacial score (nSPS) is 11.6. The number of nitriles is 1. The lowest BCUT2D eigenvalue weighted by molar-refractivity contribution is 0.0940. The van der Waals surface area contributed by atoms with Crippen LogP contribution in [0.4, 0.5) is 0 Å². The second kappa shape index (κ2) is 6.27. The maximum absolute atomic E-state index is 12.1. The van der Waals surface area contributed by atoms with Crippen molar-refractivity contribution in [3.8, 4) is 11.8 Å². The first-order valence-electron chi connectivity index (χ1n) is 5.41. The van der Waals surface area contributed by atoms with Crippen LogP contribution >= 0.6 is 11.6 Å². The summed E-state index contributed by atoms with van der Waals surface area (Å²) in [5.41, 5.74) is 0.414. The molecule has 3 nitrogen and oxygen atoms in total. The summed E-state index contributed by atoms with van der Waals surface area (Å²) >= 11 is 5.82. The SMILES string of the molecule is CCCC(C#N)C(=O)c1ccc(Cl)cc1OC. The standard InChI is InChI=1S/C13H14ClNO2/c1-3-4-9(8-15)13(16)11-6-5-10(14)7-12(11)17-2/h5-7,9H,3-4H2,1-2H3. The highest BCUT2D eigenvalue weighted by atomic mass is 35.5. The zero-order valence-electron chi connectivity index (χ0n) is 9.87. The van der Waals surface area contributed by atoms with Gasteiger partial charge in [-0.1, -0.05) is 24.9 Å². The van der Waals surface area contributed by atoms with E-state index in [0.717, 1.165) is 6.42 Å². The molecule has 0 spiro atoms. The van der Waals surface area contributed by atoms with Gasteiger partial charge >= 0.3 is 0 Å². The number of ketones is 1. The minimum atomic E-state index is -0.616. The Morgan fingerprint density at radius 2 is 2.29 bits per heavy atom. The summed E-state index contributed by atoms with van der Waals surface area (Å²) in [6.07, 6.45) is 1.35. The summed E-state index contributed by atoms with van der Waals surface area (Å²) < 4.78 is 5.11.